The molecule has 0 radical (unpaired) electrons. The van der Waals surface area contributed by atoms with Gasteiger partial charge in [0.15, 0.2) is 19.4 Å². The fraction of sp³-hybridized carbons (Fsp3) is 0.0732. The molecule has 0 unspecified atom stereocenters. The Morgan fingerprint density at radius 1 is 0.455 bits per heavy atom. The van der Waals surface area contributed by atoms with Crippen molar-refractivity contribution in [2.75, 3.05) is 0 Å². The van der Waals surface area contributed by atoms with E-state index in [1.807, 2.05) is 24.3 Å². The van der Waals surface area contributed by atoms with Gasteiger partial charge in [-0.25, -0.2) is 9.69 Å². The maximum atomic E-state index is 7.53. The van der Waals surface area contributed by atoms with Gasteiger partial charge in [-0.3, -0.25) is 0 Å². The number of rotatable bonds is 5. The molecular weight excluding hydrogens is 549 g/mol. The minimum atomic E-state index is -2.78. The highest BCUT2D eigenvalue weighted by Crippen LogP contribution is 2.49. The third-order valence-corrected chi connectivity index (χ3v) is 14.1. The summed E-state index contributed by atoms with van der Waals surface area (Å²) in [7, 11) is -2.78. The average molecular weight is 579 g/mol. The maximum Gasteiger partial charge on any atom is 0.187 e. The molecule has 2 nitrogen and oxygen atoms in total. The zero-order valence-electron chi connectivity index (χ0n) is 24.8. The van der Waals surface area contributed by atoms with Gasteiger partial charge in [0.25, 0.3) is 0 Å². The summed E-state index contributed by atoms with van der Waals surface area (Å²) in [5.41, 5.74) is 9.02. The van der Waals surface area contributed by atoms with Gasteiger partial charge in [0.1, 0.15) is 0 Å². The van der Waals surface area contributed by atoms with Gasteiger partial charge in [-0.15, -0.1) is 0 Å². The summed E-state index contributed by atoms with van der Waals surface area (Å²) in [5.74, 6) is 0. The van der Waals surface area contributed by atoms with Gasteiger partial charge in [-0.1, -0.05) is 153 Å². The fourth-order valence-electron chi connectivity index (χ4n) is 7.06. The highest BCUT2D eigenvalue weighted by Gasteiger charge is 2.41. The Morgan fingerprint density at radius 3 is 1.48 bits per heavy atom. The van der Waals surface area contributed by atoms with Crippen molar-refractivity contribution in [3.63, 3.8) is 0 Å². The highest BCUT2D eigenvalue weighted by atomic mass is 28.3. The molecule has 0 aliphatic heterocycles. The Morgan fingerprint density at radius 2 is 0.909 bits per heavy atom. The van der Waals surface area contributed by atoms with Gasteiger partial charge in [0, 0.05) is 5.41 Å². The van der Waals surface area contributed by atoms with E-state index in [9.17, 15) is 0 Å². The second kappa shape index (κ2) is 10.7. The van der Waals surface area contributed by atoms with Crippen LogP contribution in [0.1, 0.15) is 25.0 Å². The predicted molar refractivity (Wildman–Crippen MR) is 186 cm³/mol. The zero-order chi connectivity index (χ0) is 30.3. The molecule has 0 bridgehead atoms. The van der Waals surface area contributed by atoms with Gasteiger partial charge >= 0.3 is 0 Å². The minimum absolute atomic E-state index is 0.0494. The van der Waals surface area contributed by atoms with Crippen molar-refractivity contribution >= 4 is 40.2 Å². The molecule has 0 spiro atoms. The number of hydrogen-bond donors (Lipinski definition) is 0. The summed E-state index contributed by atoms with van der Waals surface area (Å²) in [6.07, 6.45) is 0. The van der Waals surface area contributed by atoms with Crippen LogP contribution in [-0.4, -0.2) is 8.07 Å². The first-order valence-electron chi connectivity index (χ1n) is 14.8. The van der Waals surface area contributed by atoms with E-state index in [-0.39, 0.29) is 5.41 Å². The molecule has 6 aromatic carbocycles. The zero-order valence-corrected chi connectivity index (χ0v) is 25.8. The van der Waals surface area contributed by atoms with Crippen molar-refractivity contribution in [3.05, 3.63) is 180 Å². The standard InChI is InChI=1S/C41H30N2Si/c1-41(2)39-13-9-8-12-37(39)38-27-16-30(28-40(38)41)29-14-21-34(22-15-29)44(33-10-6-5-7-11-33,35-23-17-31(42-3)18-24-35)36-25-19-32(43-4)20-26-36/h5-28H,1-2H3. The molecule has 208 valence electrons. The van der Waals surface area contributed by atoms with Crippen LogP contribution in [0.2, 0.25) is 0 Å². The summed E-state index contributed by atoms with van der Waals surface area (Å²) >= 11 is 0. The molecule has 0 atom stereocenters. The molecule has 0 N–H and O–H groups in total. The van der Waals surface area contributed by atoms with Gasteiger partial charge in [0.2, 0.25) is 0 Å². The lowest BCUT2D eigenvalue weighted by molar-refractivity contribution is 0.660. The molecule has 6 aromatic rings. The Bertz CT molecular complexity index is 2020. The van der Waals surface area contributed by atoms with Crippen LogP contribution >= 0.6 is 0 Å². The molecule has 0 amide bonds. The van der Waals surface area contributed by atoms with E-state index < -0.39 is 8.07 Å². The van der Waals surface area contributed by atoms with Crippen molar-refractivity contribution in [3.8, 4) is 22.3 Å². The van der Waals surface area contributed by atoms with Crippen molar-refractivity contribution in [1.82, 2.24) is 0 Å². The first kappa shape index (κ1) is 27.4. The third kappa shape index (κ3) is 4.22. The number of hydrogen-bond acceptors (Lipinski definition) is 0. The number of fused-ring (bicyclic) bond motifs is 3. The Balaban J connectivity index is 1.40. The van der Waals surface area contributed by atoms with Crippen LogP contribution < -0.4 is 20.7 Å². The van der Waals surface area contributed by atoms with E-state index in [0.29, 0.717) is 11.4 Å². The molecule has 0 fully saturated rings. The topological polar surface area (TPSA) is 8.72 Å². The summed E-state index contributed by atoms with van der Waals surface area (Å²) in [6, 6.07) is 51.8. The molecule has 44 heavy (non-hydrogen) atoms. The molecule has 3 heteroatoms. The summed E-state index contributed by atoms with van der Waals surface area (Å²) in [4.78, 5) is 7.32. The quantitative estimate of drug-likeness (QED) is 0.111. The second-order valence-corrected chi connectivity index (χ2v) is 15.8. The van der Waals surface area contributed by atoms with Gasteiger partial charge < -0.3 is 0 Å². The van der Waals surface area contributed by atoms with Crippen LogP contribution in [-0.2, 0) is 5.41 Å². The third-order valence-electron chi connectivity index (χ3n) is 9.30. The summed E-state index contributed by atoms with van der Waals surface area (Å²) in [5, 5.41) is 4.93. The smallest absolute Gasteiger partial charge is 0.187 e. The molecule has 0 saturated heterocycles. The Hall–Kier alpha value is -5.48. The first-order valence-corrected chi connectivity index (χ1v) is 16.8. The van der Waals surface area contributed by atoms with Gasteiger partial charge in [0.05, 0.1) is 13.1 Å². The lowest BCUT2D eigenvalue weighted by atomic mass is 9.81. The van der Waals surface area contributed by atoms with Crippen molar-refractivity contribution in [1.29, 1.82) is 0 Å². The first-order chi connectivity index (χ1) is 21.5. The molecule has 0 heterocycles. The average Bonchev–Trinajstić information content (AvgIpc) is 3.32. The van der Waals surface area contributed by atoms with E-state index in [1.54, 1.807) is 0 Å². The summed E-state index contributed by atoms with van der Waals surface area (Å²) in [6.45, 7) is 19.7. The van der Waals surface area contributed by atoms with E-state index in [4.69, 9.17) is 13.1 Å². The Labute approximate surface area is 260 Å². The largest absolute Gasteiger partial charge is 0.238 e. The second-order valence-electron chi connectivity index (χ2n) is 11.9. The van der Waals surface area contributed by atoms with E-state index in [0.717, 1.165) is 0 Å². The Kier molecular flexibility index (Phi) is 6.63. The molecule has 1 aliphatic rings. The van der Waals surface area contributed by atoms with Crippen LogP contribution in [0.15, 0.2) is 146 Å². The molecule has 0 aromatic heterocycles. The lowest BCUT2D eigenvalue weighted by Gasteiger charge is -2.34. The van der Waals surface area contributed by atoms with Crippen LogP contribution in [0.3, 0.4) is 0 Å². The van der Waals surface area contributed by atoms with Crippen molar-refractivity contribution < 1.29 is 0 Å². The monoisotopic (exact) mass is 578 g/mol. The van der Waals surface area contributed by atoms with Gasteiger partial charge in [-0.05, 0) is 60.2 Å². The van der Waals surface area contributed by atoms with Crippen molar-refractivity contribution in [2.45, 2.75) is 19.3 Å². The predicted octanol–water partition coefficient (Wildman–Crippen LogP) is 8.14. The van der Waals surface area contributed by atoms with E-state index >= 15 is 0 Å². The van der Waals surface area contributed by atoms with Crippen LogP contribution in [0.5, 0.6) is 0 Å². The maximum absolute atomic E-state index is 7.53. The molecule has 7 rings (SSSR count). The van der Waals surface area contributed by atoms with Crippen LogP contribution in [0.4, 0.5) is 11.4 Å². The SMILES string of the molecule is [C-]#[N+]c1ccc([Si](c2ccccc2)(c2ccc([N+]#[C-])cc2)c2ccc(-c3ccc4c(c3)C(C)(C)c3ccccc3-4)cc2)cc1. The minimum Gasteiger partial charge on any atom is -0.238 e. The van der Waals surface area contributed by atoms with Crippen LogP contribution in [0, 0.1) is 13.1 Å². The van der Waals surface area contributed by atoms with Crippen LogP contribution in [0.25, 0.3) is 31.9 Å². The number of benzene rings is 6. The van der Waals surface area contributed by atoms with Crippen molar-refractivity contribution in [2.24, 2.45) is 0 Å². The fourth-order valence-corrected chi connectivity index (χ4v) is 11.7. The lowest BCUT2D eigenvalue weighted by Crippen LogP contribution is -2.74. The van der Waals surface area contributed by atoms with E-state index in [2.05, 4.69) is 145 Å². The summed E-state index contributed by atoms with van der Waals surface area (Å²) < 4.78 is 0. The molecular formula is C41H30N2Si. The number of nitrogens with zero attached hydrogens (tertiary/aromatic N) is 2. The van der Waals surface area contributed by atoms with Gasteiger partial charge in [-0.2, -0.15) is 0 Å². The normalized spacial score (nSPS) is 12.9. The highest BCUT2D eigenvalue weighted by molar-refractivity contribution is 7.19. The van der Waals surface area contributed by atoms with E-state index in [1.165, 1.54) is 54.1 Å². The molecule has 0 saturated carbocycles. The molecule has 1 aliphatic carbocycles.